The highest BCUT2D eigenvalue weighted by Gasteiger charge is 2.29. The van der Waals surface area contributed by atoms with Gasteiger partial charge in [-0.15, -0.1) is 0 Å². The maximum Gasteiger partial charge on any atom is 0.251 e. The Hall–Kier alpha value is -2.18. The first-order valence-corrected chi connectivity index (χ1v) is 12.3. The number of benzene rings is 2. The lowest BCUT2D eigenvalue weighted by molar-refractivity contribution is 0.0939. The lowest BCUT2D eigenvalue weighted by Crippen LogP contribution is -2.30. The zero-order valence-electron chi connectivity index (χ0n) is 17.8. The van der Waals surface area contributed by atoms with Crippen molar-refractivity contribution in [2.24, 2.45) is 0 Å². The van der Waals surface area contributed by atoms with Gasteiger partial charge in [0.25, 0.3) is 5.91 Å². The van der Waals surface area contributed by atoms with Crippen molar-refractivity contribution in [3.05, 3.63) is 64.2 Å². The third-order valence-corrected chi connectivity index (χ3v) is 8.39. The highest BCUT2D eigenvalue weighted by Crippen LogP contribution is 2.27. The van der Waals surface area contributed by atoms with Gasteiger partial charge in [-0.2, -0.15) is 4.31 Å². The summed E-state index contributed by atoms with van der Waals surface area (Å²) in [6.07, 6.45) is 6.46. The van der Waals surface area contributed by atoms with Gasteiger partial charge in [0.05, 0.1) is 10.9 Å². The highest BCUT2D eigenvalue weighted by atomic mass is 32.2. The van der Waals surface area contributed by atoms with Crippen molar-refractivity contribution in [1.29, 1.82) is 0 Å². The maximum absolute atomic E-state index is 13.0. The summed E-state index contributed by atoms with van der Waals surface area (Å²) in [7, 11) is -3.56. The Labute approximate surface area is 179 Å². The van der Waals surface area contributed by atoms with Gasteiger partial charge in [-0.25, -0.2) is 8.42 Å². The van der Waals surface area contributed by atoms with Crippen LogP contribution in [0.2, 0.25) is 0 Å². The molecule has 2 aromatic rings. The standard InChI is InChI=1S/C24H30N2O3S/c1-17-9-10-22(16-23(17)30(28,29)26-13-5-6-14-26)24(27)25-18(2)20-12-11-19-7-3-4-8-21(19)15-20/h9-12,15-16,18H,3-8,13-14H2,1-2H3,(H,25,27)/t18-/m0/s1. The molecule has 0 radical (unpaired) electrons. The van der Waals surface area contributed by atoms with E-state index >= 15 is 0 Å². The first-order chi connectivity index (χ1) is 14.4. The number of carbonyl (C=O) groups excluding carboxylic acids is 1. The molecule has 2 aliphatic rings. The molecule has 4 rings (SSSR count). The number of carbonyl (C=O) groups is 1. The second kappa shape index (κ2) is 8.52. The topological polar surface area (TPSA) is 66.5 Å². The fourth-order valence-corrected chi connectivity index (χ4v) is 6.24. The second-order valence-corrected chi connectivity index (χ2v) is 10.4. The normalized spacial score (nSPS) is 18.1. The van der Waals surface area contributed by atoms with E-state index in [-0.39, 0.29) is 16.8 Å². The summed E-state index contributed by atoms with van der Waals surface area (Å²) >= 11 is 0. The molecule has 0 spiro atoms. The van der Waals surface area contributed by atoms with Gasteiger partial charge in [0.2, 0.25) is 10.0 Å². The predicted molar refractivity (Wildman–Crippen MR) is 118 cm³/mol. The molecular formula is C24H30N2O3S. The molecule has 0 saturated carbocycles. The van der Waals surface area contributed by atoms with Gasteiger partial charge in [0.1, 0.15) is 0 Å². The summed E-state index contributed by atoms with van der Waals surface area (Å²) in [6, 6.07) is 11.3. The summed E-state index contributed by atoms with van der Waals surface area (Å²) in [4.78, 5) is 13.1. The van der Waals surface area contributed by atoms with Crippen LogP contribution in [0.15, 0.2) is 41.3 Å². The van der Waals surface area contributed by atoms with E-state index in [1.165, 1.54) is 34.3 Å². The van der Waals surface area contributed by atoms with Crippen LogP contribution >= 0.6 is 0 Å². The molecule has 1 aliphatic heterocycles. The van der Waals surface area contributed by atoms with Gasteiger partial charge < -0.3 is 5.32 Å². The third-order valence-electron chi connectivity index (χ3n) is 6.35. The molecule has 6 heteroatoms. The smallest absolute Gasteiger partial charge is 0.251 e. The van der Waals surface area contributed by atoms with E-state index in [4.69, 9.17) is 0 Å². The van der Waals surface area contributed by atoms with Gasteiger partial charge in [-0.3, -0.25) is 4.79 Å². The number of nitrogens with zero attached hydrogens (tertiary/aromatic N) is 1. The molecule has 0 unspecified atom stereocenters. The van der Waals surface area contributed by atoms with Crippen LogP contribution in [-0.4, -0.2) is 31.7 Å². The van der Waals surface area contributed by atoms with E-state index < -0.39 is 10.0 Å². The molecule has 0 bridgehead atoms. The fourth-order valence-electron chi connectivity index (χ4n) is 4.47. The summed E-state index contributed by atoms with van der Waals surface area (Å²) in [5.74, 6) is -0.252. The summed E-state index contributed by atoms with van der Waals surface area (Å²) in [6.45, 7) is 4.85. The quantitative estimate of drug-likeness (QED) is 0.781. The molecule has 1 amide bonds. The SMILES string of the molecule is Cc1ccc(C(=O)N[C@@H](C)c2ccc3c(c2)CCCC3)cc1S(=O)(=O)N1CCCC1. The Morgan fingerprint density at radius 1 is 0.967 bits per heavy atom. The second-order valence-electron chi connectivity index (χ2n) is 8.52. The lowest BCUT2D eigenvalue weighted by atomic mass is 9.89. The average molecular weight is 427 g/mol. The van der Waals surface area contributed by atoms with E-state index in [9.17, 15) is 13.2 Å². The summed E-state index contributed by atoms with van der Waals surface area (Å²) in [5.41, 5.74) is 4.93. The van der Waals surface area contributed by atoms with Crippen LogP contribution in [0.5, 0.6) is 0 Å². The Bertz CT molecular complexity index is 1060. The van der Waals surface area contributed by atoms with E-state index in [0.29, 0.717) is 24.2 Å². The van der Waals surface area contributed by atoms with Gasteiger partial charge in [-0.1, -0.05) is 24.3 Å². The van der Waals surface area contributed by atoms with Crippen LogP contribution in [-0.2, 0) is 22.9 Å². The monoisotopic (exact) mass is 426 g/mol. The van der Waals surface area contributed by atoms with Crippen LogP contribution in [0.4, 0.5) is 0 Å². The zero-order valence-corrected chi connectivity index (χ0v) is 18.6. The molecule has 30 heavy (non-hydrogen) atoms. The van der Waals surface area contributed by atoms with Gasteiger partial charge >= 0.3 is 0 Å². The molecular weight excluding hydrogens is 396 g/mol. The van der Waals surface area contributed by atoms with Crippen LogP contribution < -0.4 is 5.32 Å². The fraction of sp³-hybridized carbons (Fsp3) is 0.458. The Kier molecular flexibility index (Phi) is 5.98. The highest BCUT2D eigenvalue weighted by molar-refractivity contribution is 7.89. The number of nitrogens with one attached hydrogen (secondary N) is 1. The third kappa shape index (κ3) is 4.16. The number of aryl methyl sites for hydroxylation is 3. The minimum atomic E-state index is -3.56. The van der Waals surface area contributed by atoms with Gasteiger partial charge in [-0.05, 0) is 86.8 Å². The Morgan fingerprint density at radius 3 is 2.40 bits per heavy atom. The molecule has 1 aliphatic carbocycles. The van der Waals surface area contributed by atoms with Crippen molar-refractivity contribution in [2.75, 3.05) is 13.1 Å². The number of rotatable bonds is 5. The summed E-state index contributed by atoms with van der Waals surface area (Å²) in [5, 5.41) is 3.04. The van der Waals surface area contributed by atoms with E-state index in [1.807, 2.05) is 6.92 Å². The van der Waals surface area contributed by atoms with Gasteiger partial charge in [0.15, 0.2) is 0 Å². The van der Waals surface area contributed by atoms with Crippen molar-refractivity contribution in [2.45, 2.75) is 63.3 Å². The van der Waals surface area contributed by atoms with Crippen LogP contribution in [0.1, 0.15) is 71.3 Å². The van der Waals surface area contributed by atoms with Crippen LogP contribution in [0, 0.1) is 6.92 Å². The number of hydrogen-bond donors (Lipinski definition) is 1. The molecule has 160 valence electrons. The van der Waals surface area contributed by atoms with Crippen molar-refractivity contribution < 1.29 is 13.2 Å². The van der Waals surface area contributed by atoms with Gasteiger partial charge in [0, 0.05) is 18.7 Å². The van der Waals surface area contributed by atoms with Crippen molar-refractivity contribution >= 4 is 15.9 Å². The Morgan fingerprint density at radius 2 is 1.67 bits per heavy atom. The van der Waals surface area contributed by atoms with Crippen molar-refractivity contribution in [3.63, 3.8) is 0 Å². The summed E-state index contributed by atoms with van der Waals surface area (Å²) < 4.78 is 27.5. The largest absolute Gasteiger partial charge is 0.346 e. The first-order valence-electron chi connectivity index (χ1n) is 10.9. The molecule has 1 saturated heterocycles. The first kappa shape index (κ1) is 21.1. The van der Waals surface area contributed by atoms with E-state index in [0.717, 1.165) is 31.2 Å². The minimum Gasteiger partial charge on any atom is -0.346 e. The Balaban J connectivity index is 1.53. The number of hydrogen-bond acceptors (Lipinski definition) is 3. The molecule has 1 N–H and O–H groups in total. The number of amides is 1. The number of fused-ring (bicyclic) bond motifs is 1. The molecule has 2 aromatic carbocycles. The molecule has 1 atom stereocenters. The molecule has 1 fully saturated rings. The molecule has 0 aromatic heterocycles. The minimum absolute atomic E-state index is 0.148. The van der Waals surface area contributed by atoms with E-state index in [1.54, 1.807) is 19.1 Å². The van der Waals surface area contributed by atoms with Crippen molar-refractivity contribution in [1.82, 2.24) is 9.62 Å². The van der Waals surface area contributed by atoms with Crippen LogP contribution in [0.25, 0.3) is 0 Å². The van der Waals surface area contributed by atoms with E-state index in [2.05, 4.69) is 23.5 Å². The molecule has 1 heterocycles. The maximum atomic E-state index is 13.0. The average Bonchev–Trinajstić information content (AvgIpc) is 3.29. The van der Waals surface area contributed by atoms with Crippen molar-refractivity contribution in [3.8, 4) is 0 Å². The number of sulfonamides is 1. The van der Waals surface area contributed by atoms with Crippen LogP contribution in [0.3, 0.4) is 0 Å². The molecule has 5 nitrogen and oxygen atoms in total. The zero-order chi connectivity index (χ0) is 21.3. The predicted octanol–water partition coefficient (Wildman–Crippen LogP) is 4.15. The lowest BCUT2D eigenvalue weighted by Gasteiger charge is -2.21.